The Morgan fingerprint density at radius 2 is 1.79 bits per heavy atom. The third-order valence-electron chi connectivity index (χ3n) is 7.56. The molecule has 2 aliphatic rings. The minimum Gasteiger partial charge on any atom is -0.480 e. The molecule has 0 unspecified atom stereocenters. The van der Waals surface area contributed by atoms with Crippen LogP contribution in [0.2, 0.25) is 0 Å². The minimum atomic E-state index is -4.30. The number of primary amides is 1. The van der Waals surface area contributed by atoms with Crippen LogP contribution >= 0.6 is 0 Å². The van der Waals surface area contributed by atoms with Crippen LogP contribution in [0.25, 0.3) is 0 Å². The highest BCUT2D eigenvalue weighted by atomic mass is 32.2. The molecule has 228 valence electrons. The number of H-pyrrole nitrogens is 1. The number of rotatable bonds is 8. The van der Waals surface area contributed by atoms with Gasteiger partial charge in [-0.15, -0.1) is 0 Å². The van der Waals surface area contributed by atoms with Gasteiger partial charge in [-0.2, -0.15) is 9.40 Å². The number of carbonyl (C=O) groups excluding carboxylic acids is 2. The molecule has 16 heteroatoms. The van der Waals surface area contributed by atoms with E-state index in [4.69, 9.17) is 5.73 Å². The molecule has 0 radical (unpaired) electrons. The second kappa shape index (κ2) is 11.3. The van der Waals surface area contributed by atoms with Crippen molar-refractivity contribution in [2.75, 3.05) is 42.3 Å². The zero-order valence-electron chi connectivity index (χ0n) is 23.2. The summed E-state index contributed by atoms with van der Waals surface area (Å²) in [4.78, 5) is 40.8. The lowest BCUT2D eigenvalue weighted by Crippen LogP contribution is -2.37. The summed E-state index contributed by atoms with van der Waals surface area (Å²) >= 11 is 0. The Labute approximate surface area is 245 Å². The number of sulfonamides is 1. The Balaban J connectivity index is 1.48. The predicted octanol–water partition coefficient (Wildman–Crippen LogP) is 1.91. The van der Waals surface area contributed by atoms with Gasteiger partial charge in [-0.1, -0.05) is 0 Å². The number of aromatic amines is 1. The van der Waals surface area contributed by atoms with Gasteiger partial charge in [0.2, 0.25) is 15.9 Å². The van der Waals surface area contributed by atoms with Crippen LogP contribution in [-0.4, -0.2) is 79.0 Å². The van der Waals surface area contributed by atoms with E-state index >= 15 is 0 Å². The lowest BCUT2D eigenvalue weighted by Gasteiger charge is -2.30. The first kappa shape index (κ1) is 29.9. The average Bonchev–Trinajstić information content (AvgIpc) is 3.59. The molecule has 2 aromatic carbocycles. The third-order valence-corrected chi connectivity index (χ3v) is 9.38. The van der Waals surface area contributed by atoms with Crippen molar-refractivity contribution in [3.05, 3.63) is 64.4 Å². The first-order valence-electron chi connectivity index (χ1n) is 13.3. The van der Waals surface area contributed by atoms with E-state index in [0.717, 1.165) is 16.4 Å². The topological polar surface area (TPSA) is 182 Å². The van der Waals surface area contributed by atoms with Gasteiger partial charge in [0.1, 0.15) is 17.7 Å². The molecule has 3 aromatic rings. The van der Waals surface area contributed by atoms with E-state index < -0.39 is 50.4 Å². The van der Waals surface area contributed by atoms with Gasteiger partial charge >= 0.3 is 5.97 Å². The number of aliphatic carboxylic acids is 1. The molecule has 13 nitrogen and oxygen atoms in total. The molecular formula is C27H29F2N7O6S. The SMILES string of the molecule is CN(C)c1cc(C(N)=O)c(C(=O)Nc2n[nH]c3c2CN(S(=O)(=O)c2cc(F)cc(F)c2)CC3)cc1N1CCC[C@H]1C(=O)O. The number of anilines is 3. The van der Waals surface area contributed by atoms with Crippen LogP contribution in [0.1, 0.15) is 44.8 Å². The molecule has 0 aliphatic carbocycles. The molecule has 1 aromatic heterocycles. The van der Waals surface area contributed by atoms with Gasteiger partial charge in [-0.05, 0) is 37.1 Å². The molecular weight excluding hydrogens is 588 g/mol. The maximum absolute atomic E-state index is 13.8. The fourth-order valence-corrected chi connectivity index (χ4v) is 6.90. The number of carbonyl (C=O) groups is 3. The van der Waals surface area contributed by atoms with Crippen LogP contribution in [-0.2, 0) is 27.8 Å². The lowest BCUT2D eigenvalue weighted by molar-refractivity contribution is -0.138. The van der Waals surface area contributed by atoms with Crippen LogP contribution in [0.3, 0.4) is 0 Å². The molecule has 1 atom stereocenters. The minimum absolute atomic E-state index is 0.00912. The Bertz CT molecular complexity index is 1720. The third kappa shape index (κ3) is 5.62. The smallest absolute Gasteiger partial charge is 0.326 e. The second-order valence-electron chi connectivity index (χ2n) is 10.5. The molecule has 2 aliphatic heterocycles. The van der Waals surface area contributed by atoms with Gasteiger partial charge < -0.3 is 26.0 Å². The molecule has 5 rings (SSSR count). The first-order chi connectivity index (χ1) is 20.3. The summed E-state index contributed by atoms with van der Waals surface area (Å²) in [5, 5.41) is 19.3. The highest BCUT2D eigenvalue weighted by Gasteiger charge is 2.35. The largest absolute Gasteiger partial charge is 0.480 e. The Hall–Kier alpha value is -4.57. The van der Waals surface area contributed by atoms with Crippen LogP contribution in [0.15, 0.2) is 35.2 Å². The average molecular weight is 618 g/mol. The number of hydrogen-bond donors (Lipinski definition) is 4. The van der Waals surface area contributed by atoms with Gasteiger partial charge in [0.25, 0.3) is 5.91 Å². The van der Waals surface area contributed by atoms with Crippen molar-refractivity contribution in [2.45, 2.75) is 36.7 Å². The quantitative estimate of drug-likeness (QED) is 0.293. The van der Waals surface area contributed by atoms with Gasteiger partial charge in [0, 0.05) is 57.5 Å². The van der Waals surface area contributed by atoms with E-state index in [0.29, 0.717) is 48.1 Å². The highest BCUT2D eigenvalue weighted by Crippen LogP contribution is 2.37. The van der Waals surface area contributed by atoms with E-state index in [9.17, 15) is 36.7 Å². The summed E-state index contributed by atoms with van der Waals surface area (Å²) in [7, 11) is -0.881. The van der Waals surface area contributed by atoms with Crippen molar-refractivity contribution < 1.29 is 36.7 Å². The number of halogens is 2. The predicted molar refractivity (Wildman–Crippen MR) is 151 cm³/mol. The Morgan fingerprint density at radius 1 is 1.09 bits per heavy atom. The number of nitrogens with one attached hydrogen (secondary N) is 2. The van der Waals surface area contributed by atoms with Crippen LogP contribution in [0.5, 0.6) is 0 Å². The number of fused-ring (bicyclic) bond motifs is 1. The number of aromatic nitrogens is 2. The number of carboxylic acid groups (broad SMARTS) is 1. The van der Waals surface area contributed by atoms with Crippen LogP contribution in [0, 0.1) is 11.6 Å². The van der Waals surface area contributed by atoms with Crippen molar-refractivity contribution >= 4 is 45.0 Å². The summed E-state index contributed by atoms with van der Waals surface area (Å²) < 4.78 is 55.0. The summed E-state index contributed by atoms with van der Waals surface area (Å²) in [5.74, 6) is -4.78. The molecule has 0 bridgehead atoms. The molecule has 1 fully saturated rings. The van der Waals surface area contributed by atoms with Crippen molar-refractivity contribution in [1.29, 1.82) is 0 Å². The maximum atomic E-state index is 13.8. The van der Waals surface area contributed by atoms with Gasteiger partial charge in [0.15, 0.2) is 5.82 Å². The monoisotopic (exact) mass is 617 g/mol. The summed E-state index contributed by atoms with van der Waals surface area (Å²) in [6.45, 7) is 0.148. The van der Waals surface area contributed by atoms with Crippen molar-refractivity contribution in [3.8, 4) is 0 Å². The molecule has 0 saturated carbocycles. The van der Waals surface area contributed by atoms with Crippen molar-refractivity contribution in [3.63, 3.8) is 0 Å². The lowest BCUT2D eigenvalue weighted by atomic mass is 10.0. The Morgan fingerprint density at radius 3 is 2.42 bits per heavy atom. The molecule has 5 N–H and O–H groups in total. The van der Waals surface area contributed by atoms with Crippen molar-refractivity contribution in [1.82, 2.24) is 14.5 Å². The second-order valence-corrected chi connectivity index (χ2v) is 12.4. The van der Waals surface area contributed by atoms with Crippen LogP contribution < -0.4 is 20.9 Å². The highest BCUT2D eigenvalue weighted by molar-refractivity contribution is 7.89. The number of nitrogens with zero attached hydrogens (tertiary/aromatic N) is 4. The zero-order valence-corrected chi connectivity index (χ0v) is 24.0. The number of carboxylic acids is 1. The number of benzene rings is 2. The normalized spacial score (nSPS) is 17.0. The molecule has 1 saturated heterocycles. The fraction of sp³-hybridized carbons (Fsp3) is 0.333. The standard InChI is InChI=1S/C27H29F2N7O6S/c1-34(2)22-11-17(24(30)37)18(12-23(22)36-6-3-4-21(36)27(39)40)26(38)31-25-19-13-35(7-5-20(19)32-33-25)43(41,42)16-9-14(28)8-15(29)10-16/h8-12,21H,3-7,13H2,1-2H3,(H2,30,37)(H,39,40)(H2,31,32,33,38)/t21-/m0/s1. The first-order valence-corrected chi connectivity index (χ1v) is 14.7. The fourth-order valence-electron chi connectivity index (χ4n) is 5.45. The van der Waals surface area contributed by atoms with E-state index in [2.05, 4.69) is 15.5 Å². The van der Waals surface area contributed by atoms with Gasteiger partial charge in [-0.25, -0.2) is 22.0 Å². The zero-order chi connectivity index (χ0) is 31.2. The molecule has 3 heterocycles. The van der Waals surface area contributed by atoms with Gasteiger partial charge in [-0.3, -0.25) is 14.7 Å². The molecule has 43 heavy (non-hydrogen) atoms. The number of hydrogen-bond acceptors (Lipinski definition) is 8. The van der Waals surface area contributed by atoms with Crippen LogP contribution in [0.4, 0.5) is 26.0 Å². The van der Waals surface area contributed by atoms with E-state index in [1.54, 1.807) is 23.9 Å². The van der Waals surface area contributed by atoms with Gasteiger partial charge in [0.05, 0.1) is 27.4 Å². The maximum Gasteiger partial charge on any atom is 0.326 e. The summed E-state index contributed by atoms with van der Waals surface area (Å²) in [5.41, 5.74) is 7.19. The van der Waals surface area contributed by atoms with E-state index in [1.165, 1.54) is 12.1 Å². The van der Waals surface area contributed by atoms with E-state index in [1.807, 2.05) is 0 Å². The van der Waals surface area contributed by atoms with E-state index in [-0.39, 0.29) is 36.5 Å². The summed E-state index contributed by atoms with van der Waals surface area (Å²) in [6.07, 6.45) is 1.20. The number of amides is 2. The molecule has 0 spiro atoms. The van der Waals surface area contributed by atoms with Crippen molar-refractivity contribution in [2.24, 2.45) is 5.73 Å². The molecule has 2 amide bonds. The number of nitrogens with two attached hydrogens (primary N) is 1. The Kier molecular flexibility index (Phi) is 7.83. The summed E-state index contributed by atoms with van der Waals surface area (Å²) in [6, 6.07) is 4.03.